The van der Waals surface area contributed by atoms with Crippen LogP contribution in [-0.2, 0) is 0 Å². The normalized spacial score (nSPS) is 24.9. The highest BCUT2D eigenvalue weighted by Gasteiger charge is 2.16. The predicted molar refractivity (Wildman–Crippen MR) is 128 cm³/mol. The molecule has 0 saturated heterocycles. The van der Waals surface area contributed by atoms with Gasteiger partial charge in [0.05, 0.1) is 0 Å². The molecule has 4 atom stereocenters. The van der Waals surface area contributed by atoms with E-state index in [0.717, 1.165) is 37.8 Å². The van der Waals surface area contributed by atoms with E-state index in [9.17, 15) is 0 Å². The van der Waals surface area contributed by atoms with Gasteiger partial charge in [-0.3, -0.25) is 0 Å². The molecule has 4 nitrogen and oxygen atoms in total. The van der Waals surface area contributed by atoms with Gasteiger partial charge in [-0.25, -0.2) is 0 Å². The third-order valence-electron chi connectivity index (χ3n) is 4.38. The molecule has 0 aromatic carbocycles. The summed E-state index contributed by atoms with van der Waals surface area (Å²) in [6.45, 7) is 18.2. The molecule has 0 aromatic rings. The fraction of sp³-hybridized carbons (Fsp3) is 1.00. The van der Waals surface area contributed by atoms with E-state index in [2.05, 4.69) is 13.8 Å². The maximum absolute atomic E-state index is 5.63. The minimum absolute atomic E-state index is 0.523. The Bertz CT molecular complexity index is 186. The fourth-order valence-corrected chi connectivity index (χ4v) is 2.97. The van der Waals surface area contributed by atoms with Crippen molar-refractivity contribution in [1.29, 1.82) is 0 Å². The van der Waals surface area contributed by atoms with Crippen LogP contribution in [-0.4, -0.2) is 25.2 Å². The van der Waals surface area contributed by atoms with Crippen LogP contribution < -0.4 is 22.9 Å². The SMILES string of the molecule is CC.CC.CC.CC1CCC(N)C1.CC1CCC(N)C1.NCCCCCN. The lowest BCUT2D eigenvalue weighted by Crippen LogP contribution is -2.14. The zero-order chi connectivity index (χ0) is 22.1. The molecular formula is C23H58N4. The Morgan fingerprint density at radius 2 is 0.852 bits per heavy atom. The lowest BCUT2D eigenvalue weighted by molar-refractivity contribution is 0.594. The molecule has 2 aliphatic rings. The van der Waals surface area contributed by atoms with Gasteiger partial charge in [0.15, 0.2) is 0 Å². The lowest BCUT2D eigenvalue weighted by atomic mass is 10.1. The molecule has 27 heavy (non-hydrogen) atoms. The quantitative estimate of drug-likeness (QED) is 0.481. The molecule has 0 amide bonds. The van der Waals surface area contributed by atoms with Crippen molar-refractivity contribution in [3.05, 3.63) is 0 Å². The Labute approximate surface area is 173 Å². The molecule has 2 fully saturated rings. The molecule has 0 radical (unpaired) electrons. The lowest BCUT2D eigenvalue weighted by Gasteiger charge is -1.97. The molecular weight excluding hydrogens is 332 g/mol. The number of unbranched alkanes of at least 4 members (excludes halogenated alkanes) is 2. The number of hydrogen-bond donors (Lipinski definition) is 4. The second kappa shape index (κ2) is 30.6. The van der Waals surface area contributed by atoms with Crippen LogP contribution in [0.25, 0.3) is 0 Å². The van der Waals surface area contributed by atoms with Gasteiger partial charge >= 0.3 is 0 Å². The van der Waals surface area contributed by atoms with Crippen LogP contribution in [0.5, 0.6) is 0 Å². The predicted octanol–water partition coefficient (Wildman–Crippen LogP) is 5.42. The van der Waals surface area contributed by atoms with E-state index < -0.39 is 0 Å². The van der Waals surface area contributed by atoms with Gasteiger partial charge in [-0.1, -0.05) is 61.8 Å². The zero-order valence-electron chi connectivity index (χ0n) is 20.4. The van der Waals surface area contributed by atoms with E-state index in [4.69, 9.17) is 22.9 Å². The smallest absolute Gasteiger partial charge is 0.00414 e. The van der Waals surface area contributed by atoms with Crippen LogP contribution in [0.4, 0.5) is 0 Å². The van der Waals surface area contributed by atoms with Crippen molar-refractivity contribution in [3.63, 3.8) is 0 Å². The van der Waals surface area contributed by atoms with Crippen LogP contribution in [0, 0.1) is 11.8 Å². The van der Waals surface area contributed by atoms with Crippen LogP contribution in [0.1, 0.15) is 113 Å². The monoisotopic (exact) mass is 390 g/mol. The highest BCUT2D eigenvalue weighted by molar-refractivity contribution is 4.74. The summed E-state index contributed by atoms with van der Waals surface area (Å²) in [5, 5.41) is 0. The average Bonchev–Trinajstić information content (AvgIpc) is 3.27. The van der Waals surface area contributed by atoms with E-state index in [1.807, 2.05) is 41.5 Å². The van der Waals surface area contributed by atoms with E-state index in [0.29, 0.717) is 12.1 Å². The molecule has 170 valence electrons. The van der Waals surface area contributed by atoms with Crippen LogP contribution >= 0.6 is 0 Å². The standard InChI is InChI=1S/2C6H13N.C5H14N2.3C2H6/c2*1-5-2-3-6(7)4-5;6-4-2-1-3-5-7;3*1-2/h2*5-6H,2-4,7H2,1H3;1-7H2;3*1-2H3. The summed E-state index contributed by atoms with van der Waals surface area (Å²) >= 11 is 0. The van der Waals surface area contributed by atoms with Crippen molar-refractivity contribution >= 4 is 0 Å². The maximum atomic E-state index is 5.63. The Morgan fingerprint density at radius 3 is 0.963 bits per heavy atom. The first-order valence-corrected chi connectivity index (χ1v) is 11.9. The highest BCUT2D eigenvalue weighted by atomic mass is 14.6. The van der Waals surface area contributed by atoms with Crippen molar-refractivity contribution in [2.24, 2.45) is 34.8 Å². The van der Waals surface area contributed by atoms with E-state index in [1.165, 1.54) is 44.9 Å². The summed E-state index contributed by atoms with van der Waals surface area (Å²) in [4.78, 5) is 0. The van der Waals surface area contributed by atoms with Crippen molar-refractivity contribution < 1.29 is 0 Å². The van der Waals surface area contributed by atoms with Crippen molar-refractivity contribution in [3.8, 4) is 0 Å². The first kappa shape index (κ1) is 34.4. The van der Waals surface area contributed by atoms with E-state index in [-0.39, 0.29) is 0 Å². The van der Waals surface area contributed by atoms with Crippen LogP contribution in [0.3, 0.4) is 0 Å². The van der Waals surface area contributed by atoms with Gasteiger partial charge in [0.25, 0.3) is 0 Å². The second-order valence-electron chi connectivity index (χ2n) is 6.99. The highest BCUT2D eigenvalue weighted by Crippen LogP contribution is 2.22. The topological polar surface area (TPSA) is 104 Å². The number of rotatable bonds is 4. The summed E-state index contributed by atoms with van der Waals surface area (Å²) in [5.74, 6) is 1.80. The van der Waals surface area contributed by atoms with Crippen molar-refractivity contribution in [2.45, 2.75) is 125 Å². The van der Waals surface area contributed by atoms with Gasteiger partial charge in [0.1, 0.15) is 0 Å². The van der Waals surface area contributed by atoms with Crippen molar-refractivity contribution in [1.82, 2.24) is 0 Å². The number of hydrogen-bond acceptors (Lipinski definition) is 4. The molecule has 0 aromatic heterocycles. The summed E-state index contributed by atoms with van der Waals surface area (Å²) in [5.41, 5.74) is 21.7. The third kappa shape index (κ3) is 30.8. The molecule has 4 unspecified atom stereocenters. The Balaban J connectivity index is -0.000000129. The van der Waals surface area contributed by atoms with Gasteiger partial charge in [-0.15, -0.1) is 0 Å². The van der Waals surface area contributed by atoms with Crippen LogP contribution in [0.15, 0.2) is 0 Å². The summed E-state index contributed by atoms with van der Waals surface area (Å²) in [6.07, 6.45) is 11.1. The van der Waals surface area contributed by atoms with Crippen LogP contribution in [0.2, 0.25) is 0 Å². The van der Waals surface area contributed by atoms with Crippen molar-refractivity contribution in [2.75, 3.05) is 13.1 Å². The zero-order valence-corrected chi connectivity index (χ0v) is 20.4. The number of nitrogens with two attached hydrogens (primary N) is 4. The molecule has 0 aliphatic heterocycles. The molecule has 0 spiro atoms. The summed E-state index contributed by atoms with van der Waals surface area (Å²) in [7, 11) is 0. The Kier molecular flexibility index (Phi) is 38.9. The van der Waals surface area contributed by atoms with Gasteiger partial charge in [0, 0.05) is 12.1 Å². The molecule has 2 rings (SSSR count). The molecule has 0 heterocycles. The first-order valence-electron chi connectivity index (χ1n) is 11.9. The summed E-state index contributed by atoms with van der Waals surface area (Å²) < 4.78 is 0. The Morgan fingerprint density at radius 1 is 0.556 bits per heavy atom. The third-order valence-corrected chi connectivity index (χ3v) is 4.38. The van der Waals surface area contributed by atoms with Gasteiger partial charge in [-0.05, 0) is 76.3 Å². The fourth-order valence-electron chi connectivity index (χ4n) is 2.97. The molecule has 2 aliphatic carbocycles. The van der Waals surface area contributed by atoms with Gasteiger partial charge < -0.3 is 22.9 Å². The first-order chi connectivity index (χ1) is 13.0. The van der Waals surface area contributed by atoms with E-state index >= 15 is 0 Å². The molecule has 4 heteroatoms. The average molecular weight is 391 g/mol. The molecule has 2 saturated carbocycles. The maximum Gasteiger partial charge on any atom is 0.00414 e. The summed E-state index contributed by atoms with van der Waals surface area (Å²) in [6, 6.07) is 1.05. The minimum atomic E-state index is 0.523. The van der Waals surface area contributed by atoms with Gasteiger partial charge in [0.2, 0.25) is 0 Å². The van der Waals surface area contributed by atoms with Gasteiger partial charge in [-0.2, -0.15) is 0 Å². The van der Waals surface area contributed by atoms with E-state index in [1.54, 1.807) is 0 Å². The molecule has 0 bridgehead atoms. The second-order valence-corrected chi connectivity index (χ2v) is 6.99. The largest absolute Gasteiger partial charge is 0.330 e. The molecule has 8 N–H and O–H groups in total. The Hall–Kier alpha value is -0.160. The minimum Gasteiger partial charge on any atom is -0.330 e.